The fourth-order valence-corrected chi connectivity index (χ4v) is 5.23. The van der Waals surface area contributed by atoms with E-state index in [1.54, 1.807) is 55.6 Å². The number of fused-ring (bicyclic) bond motifs is 5. The Bertz CT molecular complexity index is 1090. The molecule has 2 bridgehead atoms. The summed E-state index contributed by atoms with van der Waals surface area (Å²) in [4.78, 5) is 39.7. The minimum Gasteiger partial charge on any atom is -0.497 e. The van der Waals surface area contributed by atoms with Gasteiger partial charge in [0.05, 0.1) is 24.6 Å². The number of methoxy groups -OCH3 is 1. The Morgan fingerprint density at radius 1 is 0.968 bits per heavy atom. The molecule has 6 heteroatoms. The molecule has 2 amide bonds. The maximum atomic E-state index is 13.0. The number of Topliss-reactive ketones (excluding diaryl/α,β-unsaturated/α-hetero) is 1. The van der Waals surface area contributed by atoms with Crippen LogP contribution in [0.4, 0.5) is 5.69 Å². The van der Waals surface area contributed by atoms with Crippen molar-refractivity contribution in [3.8, 4) is 11.5 Å². The fourth-order valence-electron chi connectivity index (χ4n) is 5.23. The van der Waals surface area contributed by atoms with Gasteiger partial charge in [0.2, 0.25) is 11.8 Å². The van der Waals surface area contributed by atoms with E-state index in [0.717, 1.165) is 6.42 Å². The topological polar surface area (TPSA) is 72.9 Å². The van der Waals surface area contributed by atoms with Gasteiger partial charge >= 0.3 is 0 Å². The highest BCUT2D eigenvalue weighted by Crippen LogP contribution is 2.55. The third-order valence-corrected chi connectivity index (χ3v) is 6.76. The number of rotatable bonds is 6. The molecule has 2 fully saturated rings. The molecule has 5 rings (SSSR count). The molecular weight excluding hydrogens is 394 g/mol. The van der Waals surface area contributed by atoms with Crippen LogP contribution in [0, 0.1) is 23.7 Å². The van der Waals surface area contributed by atoms with Crippen molar-refractivity contribution in [3.05, 3.63) is 65.7 Å². The van der Waals surface area contributed by atoms with E-state index >= 15 is 0 Å². The van der Waals surface area contributed by atoms with Crippen molar-refractivity contribution in [1.82, 2.24) is 0 Å². The van der Waals surface area contributed by atoms with E-state index < -0.39 is 0 Å². The monoisotopic (exact) mass is 417 g/mol. The van der Waals surface area contributed by atoms with Crippen molar-refractivity contribution in [2.75, 3.05) is 18.6 Å². The zero-order valence-corrected chi connectivity index (χ0v) is 17.4. The SMILES string of the molecule is COc1ccc(C(=O)COc2ccc(N3C(=O)[C@H]4[C@H](C3=O)[C@H]3C=C(C)[C@H]4C3)cc2)cc1. The molecule has 0 spiro atoms. The maximum absolute atomic E-state index is 13.0. The molecule has 1 aliphatic heterocycles. The summed E-state index contributed by atoms with van der Waals surface area (Å²) in [5, 5.41) is 0. The lowest BCUT2D eigenvalue weighted by molar-refractivity contribution is -0.123. The van der Waals surface area contributed by atoms with Crippen LogP contribution in [0.5, 0.6) is 11.5 Å². The number of nitrogens with zero attached hydrogens (tertiary/aromatic N) is 1. The second-order valence-electron chi connectivity index (χ2n) is 8.41. The van der Waals surface area contributed by atoms with Crippen LogP contribution in [0.2, 0.25) is 0 Å². The van der Waals surface area contributed by atoms with Crippen LogP contribution in [0.1, 0.15) is 23.7 Å². The third-order valence-electron chi connectivity index (χ3n) is 6.76. The van der Waals surface area contributed by atoms with Gasteiger partial charge < -0.3 is 9.47 Å². The highest BCUT2D eigenvalue weighted by Gasteiger charge is 2.60. The molecule has 4 atom stereocenters. The average Bonchev–Trinajstić information content (AvgIpc) is 3.43. The number of anilines is 1. The van der Waals surface area contributed by atoms with Gasteiger partial charge in [0.15, 0.2) is 12.4 Å². The molecule has 6 nitrogen and oxygen atoms in total. The van der Waals surface area contributed by atoms with E-state index in [2.05, 4.69) is 13.0 Å². The summed E-state index contributed by atoms with van der Waals surface area (Å²) >= 11 is 0. The van der Waals surface area contributed by atoms with E-state index in [1.165, 1.54) is 10.5 Å². The number of benzene rings is 2. The first-order chi connectivity index (χ1) is 15.0. The number of allylic oxidation sites excluding steroid dienone is 2. The van der Waals surface area contributed by atoms with Crippen molar-refractivity contribution in [2.45, 2.75) is 13.3 Å². The van der Waals surface area contributed by atoms with Crippen molar-refractivity contribution in [2.24, 2.45) is 23.7 Å². The molecule has 3 aliphatic rings. The van der Waals surface area contributed by atoms with Gasteiger partial charge in [-0.25, -0.2) is 0 Å². The lowest BCUT2D eigenvalue weighted by Crippen LogP contribution is -2.32. The van der Waals surface area contributed by atoms with Gasteiger partial charge in [0, 0.05) is 5.56 Å². The predicted molar refractivity (Wildman–Crippen MR) is 114 cm³/mol. The Morgan fingerprint density at radius 3 is 2.29 bits per heavy atom. The quantitative estimate of drug-likeness (QED) is 0.407. The minimum atomic E-state index is -0.223. The Hall–Kier alpha value is -3.41. The molecule has 2 aromatic carbocycles. The van der Waals surface area contributed by atoms with E-state index in [0.29, 0.717) is 22.7 Å². The van der Waals surface area contributed by atoms with E-state index in [-0.39, 0.29) is 47.9 Å². The lowest BCUT2D eigenvalue weighted by atomic mass is 9.82. The van der Waals surface area contributed by atoms with Crippen LogP contribution in [0.25, 0.3) is 0 Å². The first kappa shape index (κ1) is 19.5. The molecule has 2 aromatic rings. The maximum Gasteiger partial charge on any atom is 0.238 e. The van der Waals surface area contributed by atoms with Crippen molar-refractivity contribution >= 4 is 23.3 Å². The summed E-state index contributed by atoms with van der Waals surface area (Å²) in [5.41, 5.74) is 2.32. The summed E-state index contributed by atoms with van der Waals surface area (Å²) < 4.78 is 10.7. The number of imide groups is 1. The second kappa shape index (κ2) is 7.38. The van der Waals surface area contributed by atoms with Crippen LogP contribution in [-0.2, 0) is 9.59 Å². The van der Waals surface area contributed by atoms with Gasteiger partial charge in [0.1, 0.15) is 11.5 Å². The van der Waals surface area contributed by atoms with Gasteiger partial charge in [-0.3, -0.25) is 19.3 Å². The number of amides is 2. The number of ketones is 1. The number of hydrogen-bond acceptors (Lipinski definition) is 5. The summed E-state index contributed by atoms with van der Waals surface area (Å²) in [6, 6.07) is 13.6. The van der Waals surface area contributed by atoms with Gasteiger partial charge in [0.25, 0.3) is 0 Å². The Balaban J connectivity index is 1.25. The molecule has 0 N–H and O–H groups in total. The highest BCUT2D eigenvalue weighted by molar-refractivity contribution is 6.22. The number of ether oxygens (including phenoxy) is 2. The van der Waals surface area contributed by atoms with Gasteiger partial charge in [-0.1, -0.05) is 11.6 Å². The molecule has 1 saturated carbocycles. The smallest absolute Gasteiger partial charge is 0.238 e. The molecule has 0 unspecified atom stereocenters. The summed E-state index contributed by atoms with van der Waals surface area (Å²) in [7, 11) is 1.57. The summed E-state index contributed by atoms with van der Waals surface area (Å²) in [6.07, 6.45) is 3.08. The molecule has 2 aliphatic carbocycles. The molecule has 0 aromatic heterocycles. The average molecular weight is 417 g/mol. The zero-order valence-electron chi connectivity index (χ0n) is 17.4. The largest absolute Gasteiger partial charge is 0.497 e. The van der Waals surface area contributed by atoms with Crippen LogP contribution in [0.15, 0.2) is 60.2 Å². The summed E-state index contributed by atoms with van der Waals surface area (Å²) in [6.45, 7) is 1.95. The minimum absolute atomic E-state index is 0.0988. The van der Waals surface area contributed by atoms with Crippen LogP contribution in [-0.4, -0.2) is 31.3 Å². The van der Waals surface area contributed by atoms with Crippen LogP contribution >= 0.6 is 0 Å². The first-order valence-electron chi connectivity index (χ1n) is 10.4. The van der Waals surface area contributed by atoms with Gasteiger partial charge in [-0.15, -0.1) is 0 Å². The number of carbonyl (C=O) groups is 3. The standard InChI is InChI=1S/C25H23NO5/c1-14-11-16-12-20(14)23-22(16)24(28)26(25(23)29)17-5-9-19(10-6-17)31-13-21(27)15-3-7-18(30-2)8-4-15/h3-11,16,20,22-23H,12-13H2,1-2H3/t16-,20+,22+,23+/m0/s1. The number of hydrogen-bond donors (Lipinski definition) is 0. The Kier molecular flexibility index (Phi) is 4.65. The van der Waals surface area contributed by atoms with E-state index in [4.69, 9.17) is 9.47 Å². The normalized spacial score (nSPS) is 26.1. The molecule has 0 radical (unpaired) electrons. The highest BCUT2D eigenvalue weighted by atomic mass is 16.5. The van der Waals surface area contributed by atoms with Crippen molar-refractivity contribution in [1.29, 1.82) is 0 Å². The van der Waals surface area contributed by atoms with Crippen LogP contribution in [0.3, 0.4) is 0 Å². The first-order valence-corrected chi connectivity index (χ1v) is 10.4. The van der Waals surface area contributed by atoms with E-state index in [9.17, 15) is 14.4 Å². The zero-order chi connectivity index (χ0) is 21.7. The molecule has 1 heterocycles. The molecule has 31 heavy (non-hydrogen) atoms. The molecule has 1 saturated heterocycles. The Labute approximate surface area is 180 Å². The lowest BCUT2D eigenvalue weighted by Gasteiger charge is -2.19. The van der Waals surface area contributed by atoms with E-state index in [1.807, 2.05) is 0 Å². The van der Waals surface area contributed by atoms with Crippen molar-refractivity contribution < 1.29 is 23.9 Å². The third kappa shape index (κ3) is 3.14. The number of carbonyl (C=O) groups excluding carboxylic acids is 3. The molecule has 158 valence electrons. The van der Waals surface area contributed by atoms with Crippen LogP contribution < -0.4 is 14.4 Å². The Morgan fingerprint density at radius 2 is 1.61 bits per heavy atom. The van der Waals surface area contributed by atoms with Crippen molar-refractivity contribution in [3.63, 3.8) is 0 Å². The predicted octanol–water partition coefficient (Wildman–Crippen LogP) is 3.66. The van der Waals surface area contributed by atoms with Gasteiger partial charge in [-0.05, 0) is 73.7 Å². The fraction of sp³-hybridized carbons (Fsp3) is 0.320. The summed E-state index contributed by atoms with van der Waals surface area (Å²) in [5.74, 6) is 0.770. The molecular formula is C25H23NO5. The second-order valence-corrected chi connectivity index (χ2v) is 8.41. The van der Waals surface area contributed by atoms with Gasteiger partial charge in [-0.2, -0.15) is 0 Å².